The molecule has 10 heteroatoms. The van der Waals surface area contributed by atoms with Gasteiger partial charge in [-0.15, -0.1) is 15.0 Å². The molecule has 0 fully saturated rings. The van der Waals surface area contributed by atoms with Crippen LogP contribution < -0.4 is 0 Å². The Labute approximate surface area is 308 Å². The van der Waals surface area contributed by atoms with Crippen molar-refractivity contribution >= 4 is 42.0 Å². The van der Waals surface area contributed by atoms with Crippen LogP contribution in [-0.2, 0) is 42.0 Å². The van der Waals surface area contributed by atoms with Gasteiger partial charge in [-0.1, -0.05) is 122 Å². The molecule has 0 saturated heterocycles. The first-order valence-electron chi connectivity index (χ1n) is 15.5. The van der Waals surface area contributed by atoms with E-state index >= 15 is 0 Å². The summed E-state index contributed by atoms with van der Waals surface area (Å²) in [6.45, 7) is 6.00. The zero-order valence-electron chi connectivity index (χ0n) is 27.9. The van der Waals surface area contributed by atoms with E-state index in [-0.39, 0.29) is 27.5 Å². The van der Waals surface area contributed by atoms with E-state index in [1.165, 1.54) is 35.4 Å². The minimum Gasteiger partial charge on any atom is -0.332 e. The summed E-state index contributed by atoms with van der Waals surface area (Å²) in [5.41, 5.74) is 0. The van der Waals surface area contributed by atoms with Gasteiger partial charge in [-0.05, 0) is 72.8 Å². The summed E-state index contributed by atoms with van der Waals surface area (Å²) in [7, 11) is -7.22. The average molecular weight is 759 g/mol. The van der Waals surface area contributed by atoms with Gasteiger partial charge < -0.3 is 9.11 Å². The molecule has 0 bridgehead atoms. The molecule has 6 nitrogen and oxygen atoms in total. The lowest BCUT2D eigenvalue weighted by Gasteiger charge is -2.07. The predicted octanol–water partition coefficient (Wildman–Crippen LogP) is 7.98. The van der Waals surface area contributed by atoms with Crippen LogP contribution in [0.5, 0.6) is 0 Å². The Bertz CT molecular complexity index is 1760. The van der Waals surface area contributed by atoms with E-state index in [0.29, 0.717) is 5.41 Å². The van der Waals surface area contributed by atoms with Crippen LogP contribution in [0.3, 0.4) is 0 Å². The van der Waals surface area contributed by atoms with E-state index in [2.05, 4.69) is 195 Å². The molecule has 0 aliphatic rings. The van der Waals surface area contributed by atoms with Gasteiger partial charge in [0.2, 0.25) is 0 Å². The summed E-state index contributed by atoms with van der Waals surface area (Å²) >= 11 is 0. The van der Waals surface area contributed by atoms with E-state index < -0.39 is 20.2 Å². The van der Waals surface area contributed by atoms with Crippen LogP contribution in [0.2, 0.25) is 0 Å². The van der Waals surface area contributed by atoms with Gasteiger partial charge >= 0.3 is 20.2 Å². The van der Waals surface area contributed by atoms with Crippen LogP contribution in [0, 0.1) is 0 Å². The first-order chi connectivity index (χ1) is 24.5. The van der Waals surface area contributed by atoms with Crippen LogP contribution in [0.1, 0.15) is 0 Å². The summed E-state index contributed by atoms with van der Waals surface area (Å²) in [4.78, 5) is 8.17. The smallest absolute Gasteiger partial charge is 0.332 e. The van der Waals surface area contributed by atoms with Crippen molar-refractivity contribution in [3.05, 3.63) is 207 Å². The highest BCUT2D eigenvalue weighted by Gasteiger charge is 2.28. The molecule has 0 spiro atoms. The normalized spacial score (nSPS) is 10.7. The molecule has 0 saturated carbocycles. The van der Waals surface area contributed by atoms with Crippen LogP contribution in [-0.4, -0.2) is 31.7 Å². The first-order valence-corrected chi connectivity index (χ1v) is 21.2. The lowest BCUT2D eigenvalue weighted by molar-refractivity contribution is 0.486. The predicted molar refractivity (Wildman–Crippen MR) is 213 cm³/mol. The number of hydrogen-bond donors (Lipinski definition) is 0. The zero-order chi connectivity index (χ0) is 37.0. The topological polar surface area (TPSA) is 114 Å². The Balaban J connectivity index is 0.000000207. The van der Waals surface area contributed by atoms with E-state index in [1.54, 1.807) is 0 Å². The second-order valence-electron chi connectivity index (χ2n) is 10.3. The fraction of sp³-hybridized carbons (Fsp3) is 0.0244. The molecule has 0 aliphatic heterocycles. The molecule has 0 radical (unpaired) electrons. The van der Waals surface area contributed by atoms with Crippen LogP contribution in [0.4, 0.5) is 0 Å². The second kappa shape index (κ2) is 21.5. The van der Waals surface area contributed by atoms with Crippen molar-refractivity contribution in [2.45, 2.75) is 29.4 Å². The molecule has 51 heavy (non-hydrogen) atoms. The molecule has 262 valence electrons. The van der Waals surface area contributed by atoms with Gasteiger partial charge in [-0.25, -0.2) is 0 Å². The van der Waals surface area contributed by atoms with E-state index in [9.17, 15) is 16.8 Å². The fourth-order valence-electron chi connectivity index (χ4n) is 4.31. The van der Waals surface area contributed by atoms with Gasteiger partial charge in [-0.3, -0.25) is 0 Å². The van der Waals surface area contributed by atoms with Crippen molar-refractivity contribution in [2.75, 3.05) is 5.75 Å². The highest BCUT2D eigenvalue weighted by atomic mass is 32.2. The highest BCUT2D eigenvalue weighted by molar-refractivity contribution is 7.97. The van der Waals surface area contributed by atoms with E-state index in [1.807, 2.05) is 0 Å². The Morgan fingerprint density at radius 2 is 0.588 bits per heavy atom. The van der Waals surface area contributed by atoms with Crippen molar-refractivity contribution in [3.63, 3.8) is 0 Å². The fourth-order valence-corrected chi connectivity index (χ4v) is 8.83. The number of hydrogen-bond acceptors (Lipinski definition) is 4. The maximum absolute atomic E-state index is 9.83. The molecular weight excluding hydrogens is 717 g/mol. The lowest BCUT2D eigenvalue weighted by Crippen LogP contribution is -2.04. The van der Waals surface area contributed by atoms with Crippen molar-refractivity contribution in [3.8, 4) is 0 Å². The third kappa shape index (κ3) is 15.4. The third-order valence-electron chi connectivity index (χ3n) is 6.43. The lowest BCUT2D eigenvalue weighted by atomic mass is 10.4. The molecular formula is C41H42O6S4+4. The number of benzene rings is 6. The minimum atomic E-state index is -3.65. The molecule has 6 aromatic rings. The van der Waals surface area contributed by atoms with Gasteiger partial charge in [0.25, 0.3) is 0 Å². The SMILES string of the molecule is C=CCS(=O)(=O)[OH2+].C=CS(=O)(=O)[OH2+].c1ccc([S+](c2ccccc2)c2ccccc2)cc1.c1ccc([S+](c2ccccc2)c2ccccc2)cc1. The first kappa shape index (κ1) is 40.7. The number of rotatable bonds is 9. The van der Waals surface area contributed by atoms with Gasteiger partial charge in [0.1, 0.15) is 11.2 Å². The Hall–Kier alpha value is -4.68. The van der Waals surface area contributed by atoms with Crippen LogP contribution in [0.25, 0.3) is 0 Å². The quantitative estimate of drug-likeness (QED) is 0.110. The molecule has 0 aromatic heterocycles. The van der Waals surface area contributed by atoms with Crippen molar-refractivity contribution < 1.29 is 25.9 Å². The van der Waals surface area contributed by atoms with E-state index in [0.717, 1.165) is 0 Å². The van der Waals surface area contributed by atoms with E-state index in [4.69, 9.17) is 9.11 Å². The third-order valence-corrected chi connectivity index (χ3v) is 12.0. The summed E-state index contributed by atoms with van der Waals surface area (Å²) in [5.74, 6) is -0.257. The zero-order valence-corrected chi connectivity index (χ0v) is 31.1. The minimum absolute atomic E-state index is 0.0146. The maximum Gasteiger partial charge on any atom is 0.401 e. The van der Waals surface area contributed by atoms with Crippen LogP contribution >= 0.6 is 0 Å². The maximum atomic E-state index is 9.83. The summed E-state index contributed by atoms with van der Waals surface area (Å²) in [6, 6.07) is 64.3. The molecule has 0 amide bonds. The summed E-state index contributed by atoms with van der Waals surface area (Å²) in [5, 5.41) is 0.576. The molecule has 6 aromatic carbocycles. The standard InChI is InChI=1S/2C18H15S.C3H6O3S.C2H4O3S/c2*1-4-10-16(11-5-1)19(17-12-6-2-7-13-17)18-14-8-3-9-15-18;1-2-3-7(4,5)6;1-2-6(3,4)5/h2*1-15H;2H,1,3H2,(H,4,5,6);2H,1H2,(H,3,4,5)/q2*+1;;/p+2. The Morgan fingerprint density at radius 1 is 0.412 bits per heavy atom. The summed E-state index contributed by atoms with van der Waals surface area (Å²) in [6.07, 6.45) is 1.18. The monoisotopic (exact) mass is 758 g/mol. The highest BCUT2D eigenvalue weighted by Crippen LogP contribution is 2.31. The Morgan fingerprint density at radius 3 is 0.686 bits per heavy atom. The molecule has 0 aliphatic carbocycles. The molecule has 0 unspecified atom stereocenters. The summed E-state index contributed by atoms with van der Waals surface area (Å²) < 4.78 is 51.0. The molecule has 6 rings (SSSR count). The molecule has 4 N–H and O–H groups in total. The van der Waals surface area contributed by atoms with Gasteiger partial charge in [0, 0.05) is 0 Å². The van der Waals surface area contributed by atoms with Gasteiger partial charge in [-0.2, -0.15) is 8.42 Å². The Kier molecular flexibility index (Phi) is 17.2. The van der Waals surface area contributed by atoms with Crippen molar-refractivity contribution in [1.29, 1.82) is 0 Å². The molecule has 0 heterocycles. The van der Waals surface area contributed by atoms with Crippen LogP contribution in [0.15, 0.2) is 236 Å². The second-order valence-corrected chi connectivity index (χ2v) is 17.3. The van der Waals surface area contributed by atoms with Crippen molar-refractivity contribution in [2.24, 2.45) is 0 Å². The largest absolute Gasteiger partial charge is 0.401 e. The van der Waals surface area contributed by atoms with Crippen molar-refractivity contribution in [1.82, 2.24) is 0 Å². The van der Waals surface area contributed by atoms with Gasteiger partial charge in [0.05, 0.1) is 21.8 Å². The van der Waals surface area contributed by atoms with Gasteiger partial charge in [0.15, 0.2) is 29.4 Å². The molecule has 0 atom stereocenters. The average Bonchev–Trinajstić information content (AvgIpc) is 3.15.